The summed E-state index contributed by atoms with van der Waals surface area (Å²) in [6, 6.07) is 12.6. The molecule has 1 amide bonds. The van der Waals surface area contributed by atoms with Crippen LogP contribution in [0.1, 0.15) is 34.3 Å². The van der Waals surface area contributed by atoms with Gasteiger partial charge in [0.25, 0.3) is 5.91 Å². The molecule has 1 N–H and O–H groups in total. The van der Waals surface area contributed by atoms with E-state index in [1.54, 1.807) is 11.8 Å². The second kappa shape index (κ2) is 9.98. The summed E-state index contributed by atoms with van der Waals surface area (Å²) in [6.07, 6.45) is 1.72. The lowest BCUT2D eigenvalue weighted by Crippen LogP contribution is -2.29. The fraction of sp³-hybridized carbons (Fsp3) is 0.381. The Kier molecular flexibility index (Phi) is 7.62. The van der Waals surface area contributed by atoms with Crippen molar-refractivity contribution >= 4 is 39.3 Å². The van der Waals surface area contributed by atoms with E-state index in [1.165, 1.54) is 33.6 Å². The summed E-state index contributed by atoms with van der Waals surface area (Å²) in [6.45, 7) is 3.60. The second-order valence-corrected chi connectivity index (χ2v) is 10.4. The van der Waals surface area contributed by atoms with Crippen LogP contribution in [0.25, 0.3) is 0 Å². The van der Waals surface area contributed by atoms with E-state index >= 15 is 0 Å². The zero-order chi connectivity index (χ0) is 20.9. The molecule has 156 valence electrons. The number of hydrogen-bond acceptors (Lipinski definition) is 4. The number of sulfonamides is 1. The first-order valence-corrected chi connectivity index (χ1v) is 12.6. The van der Waals surface area contributed by atoms with Crippen LogP contribution in [-0.2, 0) is 15.8 Å². The van der Waals surface area contributed by atoms with Crippen LogP contribution in [0.4, 0.5) is 0 Å². The third-order valence-corrected chi connectivity index (χ3v) is 8.17. The van der Waals surface area contributed by atoms with E-state index in [9.17, 15) is 13.2 Å². The van der Waals surface area contributed by atoms with Crippen LogP contribution in [-0.4, -0.2) is 44.0 Å². The zero-order valence-corrected chi connectivity index (χ0v) is 18.7. The first-order valence-electron chi connectivity index (χ1n) is 9.60. The van der Waals surface area contributed by atoms with Crippen LogP contribution in [0.2, 0.25) is 5.02 Å². The van der Waals surface area contributed by atoms with E-state index < -0.39 is 10.0 Å². The molecule has 0 saturated carbocycles. The third kappa shape index (κ3) is 5.54. The Morgan fingerprint density at radius 3 is 2.62 bits per heavy atom. The van der Waals surface area contributed by atoms with E-state index in [-0.39, 0.29) is 21.4 Å². The molecular weight excluding hydrogens is 428 g/mol. The summed E-state index contributed by atoms with van der Waals surface area (Å²) in [5.41, 5.74) is 2.73. The lowest BCUT2D eigenvalue weighted by Gasteiger charge is -2.16. The van der Waals surface area contributed by atoms with E-state index in [4.69, 9.17) is 11.6 Å². The summed E-state index contributed by atoms with van der Waals surface area (Å²) >= 11 is 7.90. The van der Waals surface area contributed by atoms with Crippen molar-refractivity contribution in [3.8, 4) is 0 Å². The van der Waals surface area contributed by atoms with Crippen molar-refractivity contribution in [3.63, 3.8) is 0 Å². The highest BCUT2D eigenvalue weighted by Gasteiger charge is 2.28. The molecule has 2 aromatic carbocycles. The minimum Gasteiger partial charge on any atom is -0.351 e. The first kappa shape index (κ1) is 22.2. The predicted octanol–water partition coefficient (Wildman–Crippen LogP) is 4.10. The van der Waals surface area contributed by atoms with E-state index in [2.05, 4.69) is 24.4 Å². The fourth-order valence-corrected chi connectivity index (χ4v) is 5.88. The van der Waals surface area contributed by atoms with Crippen LogP contribution in [0.5, 0.6) is 0 Å². The molecule has 1 saturated heterocycles. The van der Waals surface area contributed by atoms with E-state index in [1.807, 2.05) is 12.1 Å². The van der Waals surface area contributed by atoms with Crippen molar-refractivity contribution in [2.75, 3.05) is 25.4 Å². The number of hydrogen-bond donors (Lipinski definition) is 1. The van der Waals surface area contributed by atoms with Gasteiger partial charge in [0.1, 0.15) is 0 Å². The van der Waals surface area contributed by atoms with Gasteiger partial charge in [-0.15, -0.1) is 0 Å². The van der Waals surface area contributed by atoms with Crippen molar-refractivity contribution in [2.45, 2.75) is 30.4 Å². The maximum atomic E-state index is 12.7. The summed E-state index contributed by atoms with van der Waals surface area (Å²) in [7, 11) is -3.58. The van der Waals surface area contributed by atoms with Gasteiger partial charge in [0.2, 0.25) is 10.0 Å². The Morgan fingerprint density at radius 1 is 1.17 bits per heavy atom. The maximum absolute atomic E-state index is 12.7. The average Bonchev–Trinajstić information content (AvgIpc) is 3.25. The molecule has 0 bridgehead atoms. The summed E-state index contributed by atoms with van der Waals surface area (Å²) in [5.74, 6) is 1.28. The van der Waals surface area contributed by atoms with Gasteiger partial charge >= 0.3 is 0 Å². The number of thioether (sulfide) groups is 1. The van der Waals surface area contributed by atoms with Gasteiger partial charge in [0.05, 0.1) is 15.5 Å². The van der Waals surface area contributed by atoms with Crippen LogP contribution < -0.4 is 5.32 Å². The van der Waals surface area contributed by atoms with Gasteiger partial charge in [0.15, 0.2) is 0 Å². The van der Waals surface area contributed by atoms with Crippen molar-refractivity contribution in [1.82, 2.24) is 9.62 Å². The normalized spacial score (nSPS) is 14.8. The molecule has 0 unspecified atom stereocenters. The topological polar surface area (TPSA) is 66.5 Å². The molecule has 29 heavy (non-hydrogen) atoms. The Morgan fingerprint density at radius 2 is 1.90 bits per heavy atom. The van der Waals surface area contributed by atoms with E-state index in [0.29, 0.717) is 19.6 Å². The van der Waals surface area contributed by atoms with Crippen molar-refractivity contribution < 1.29 is 13.2 Å². The molecule has 0 aliphatic carbocycles. The molecule has 0 aromatic heterocycles. The summed E-state index contributed by atoms with van der Waals surface area (Å²) < 4.78 is 26.9. The monoisotopic (exact) mass is 452 g/mol. The SMILES string of the molecule is Cc1ccccc1CSCCNC(=O)c1cc(S(=O)(=O)N2CCCC2)ccc1Cl. The highest BCUT2D eigenvalue weighted by Crippen LogP contribution is 2.25. The van der Waals surface area contributed by atoms with Crippen molar-refractivity contribution in [2.24, 2.45) is 0 Å². The summed E-state index contributed by atoms with van der Waals surface area (Å²) in [5, 5.41) is 3.08. The first-order chi connectivity index (χ1) is 13.9. The molecule has 8 heteroatoms. The number of nitrogens with zero attached hydrogens (tertiary/aromatic N) is 1. The van der Waals surface area contributed by atoms with Crippen molar-refractivity contribution in [3.05, 3.63) is 64.2 Å². The average molecular weight is 453 g/mol. The van der Waals surface area contributed by atoms with Gasteiger partial charge in [-0.3, -0.25) is 4.79 Å². The zero-order valence-electron chi connectivity index (χ0n) is 16.4. The number of aryl methyl sites for hydroxylation is 1. The van der Waals surface area contributed by atoms with Gasteiger partial charge in [-0.2, -0.15) is 16.1 Å². The lowest BCUT2D eigenvalue weighted by atomic mass is 10.1. The van der Waals surface area contributed by atoms with Crippen molar-refractivity contribution in [1.29, 1.82) is 0 Å². The molecule has 3 rings (SSSR count). The van der Waals surface area contributed by atoms with Gasteiger partial charge in [-0.25, -0.2) is 8.42 Å². The lowest BCUT2D eigenvalue weighted by molar-refractivity contribution is 0.0956. The molecule has 1 fully saturated rings. The fourth-order valence-electron chi connectivity index (χ4n) is 3.20. The number of carbonyl (C=O) groups excluding carboxylic acids is 1. The predicted molar refractivity (Wildman–Crippen MR) is 119 cm³/mol. The van der Waals surface area contributed by atoms with Crippen LogP contribution in [0.3, 0.4) is 0 Å². The molecule has 1 heterocycles. The molecule has 2 aromatic rings. The van der Waals surface area contributed by atoms with Crippen LogP contribution in [0, 0.1) is 6.92 Å². The standard InChI is InChI=1S/C21H25ClN2O3S2/c1-16-6-2-3-7-17(16)15-28-13-10-23-21(25)19-14-18(8-9-20(19)22)29(26,27)24-11-4-5-12-24/h2-3,6-9,14H,4-5,10-13,15H2,1H3,(H,23,25). The second-order valence-electron chi connectivity index (χ2n) is 6.99. The number of rotatable bonds is 8. The van der Waals surface area contributed by atoms with Crippen LogP contribution in [0.15, 0.2) is 47.4 Å². The number of nitrogens with one attached hydrogen (secondary N) is 1. The molecular formula is C21H25ClN2O3S2. The Hall–Kier alpha value is -1.54. The van der Waals surface area contributed by atoms with Gasteiger partial charge in [-0.05, 0) is 49.1 Å². The highest BCUT2D eigenvalue weighted by molar-refractivity contribution is 7.98. The van der Waals surface area contributed by atoms with Gasteiger partial charge in [0, 0.05) is 31.1 Å². The largest absolute Gasteiger partial charge is 0.351 e. The van der Waals surface area contributed by atoms with Gasteiger partial charge < -0.3 is 5.32 Å². The molecule has 0 atom stereocenters. The molecule has 1 aliphatic heterocycles. The maximum Gasteiger partial charge on any atom is 0.252 e. The smallest absolute Gasteiger partial charge is 0.252 e. The minimum atomic E-state index is -3.58. The minimum absolute atomic E-state index is 0.114. The molecule has 1 aliphatic rings. The summed E-state index contributed by atoms with van der Waals surface area (Å²) in [4.78, 5) is 12.7. The Bertz CT molecular complexity index is 974. The molecule has 0 spiro atoms. The Labute approximate surface area is 181 Å². The number of carbonyl (C=O) groups is 1. The number of amides is 1. The molecule has 5 nitrogen and oxygen atoms in total. The highest BCUT2D eigenvalue weighted by atomic mass is 35.5. The van der Waals surface area contributed by atoms with Gasteiger partial charge in [-0.1, -0.05) is 35.9 Å². The quantitative estimate of drug-likeness (QED) is 0.612. The third-order valence-electron chi connectivity index (χ3n) is 4.94. The molecule has 0 radical (unpaired) electrons. The number of halogens is 1. The Balaban J connectivity index is 1.57. The van der Waals surface area contributed by atoms with Crippen LogP contribution >= 0.6 is 23.4 Å². The van der Waals surface area contributed by atoms with E-state index in [0.717, 1.165) is 24.3 Å². The number of benzene rings is 2.